The predicted molar refractivity (Wildman–Crippen MR) is 80.4 cm³/mol. The quantitative estimate of drug-likeness (QED) is 0.498. The molecule has 4 heteroatoms. The zero-order valence-corrected chi connectivity index (χ0v) is 11.6. The van der Waals surface area contributed by atoms with Crippen LogP contribution in [0.15, 0.2) is 47.8 Å². The standard InChI is InChI=1S/C15H17N3S/c1-11(8-16-12-6-7-12)9-19-15-13-4-2-3-5-14(13)17-10-18-15/h2-5,10,12,16H,1,6-9H2. The third kappa shape index (κ3) is 3.33. The van der Waals surface area contributed by atoms with Crippen LogP contribution in [0.1, 0.15) is 12.8 Å². The molecule has 1 heterocycles. The monoisotopic (exact) mass is 271 g/mol. The Morgan fingerprint density at radius 3 is 3.00 bits per heavy atom. The molecule has 0 radical (unpaired) electrons. The molecule has 0 atom stereocenters. The molecule has 0 saturated heterocycles. The molecule has 1 aromatic heterocycles. The van der Waals surface area contributed by atoms with Gasteiger partial charge in [-0.2, -0.15) is 0 Å². The van der Waals surface area contributed by atoms with Crippen molar-refractivity contribution >= 4 is 22.7 Å². The Kier molecular flexibility index (Phi) is 3.80. The van der Waals surface area contributed by atoms with Crippen LogP contribution in [0.2, 0.25) is 0 Å². The molecular formula is C15H17N3S. The largest absolute Gasteiger partial charge is 0.310 e. The fourth-order valence-electron chi connectivity index (χ4n) is 1.89. The van der Waals surface area contributed by atoms with Crippen LogP contribution in [-0.2, 0) is 0 Å². The van der Waals surface area contributed by atoms with E-state index in [1.807, 2.05) is 18.2 Å². The molecule has 3 rings (SSSR count). The highest BCUT2D eigenvalue weighted by molar-refractivity contribution is 7.99. The van der Waals surface area contributed by atoms with Crippen LogP contribution in [0.5, 0.6) is 0 Å². The summed E-state index contributed by atoms with van der Waals surface area (Å²) in [5, 5.41) is 5.65. The molecular weight excluding hydrogens is 254 g/mol. The van der Waals surface area contributed by atoms with Crippen molar-refractivity contribution in [2.45, 2.75) is 23.9 Å². The summed E-state index contributed by atoms with van der Waals surface area (Å²) in [6, 6.07) is 8.86. The average molecular weight is 271 g/mol. The van der Waals surface area contributed by atoms with Crippen molar-refractivity contribution < 1.29 is 0 Å². The minimum atomic E-state index is 0.738. The van der Waals surface area contributed by atoms with E-state index in [0.717, 1.165) is 34.3 Å². The van der Waals surface area contributed by atoms with Gasteiger partial charge in [-0.3, -0.25) is 0 Å². The number of thioether (sulfide) groups is 1. The Hall–Kier alpha value is -1.39. The number of nitrogens with zero attached hydrogens (tertiary/aromatic N) is 2. The van der Waals surface area contributed by atoms with Crippen LogP contribution in [0.25, 0.3) is 10.9 Å². The van der Waals surface area contributed by atoms with Crippen molar-refractivity contribution in [3.05, 3.63) is 42.7 Å². The summed E-state index contributed by atoms with van der Waals surface area (Å²) in [6.07, 6.45) is 4.27. The van der Waals surface area contributed by atoms with Crippen molar-refractivity contribution in [1.82, 2.24) is 15.3 Å². The number of aromatic nitrogens is 2. The first-order chi connectivity index (χ1) is 9.33. The zero-order valence-electron chi connectivity index (χ0n) is 10.8. The molecule has 0 spiro atoms. The van der Waals surface area contributed by atoms with E-state index in [4.69, 9.17) is 0 Å². The lowest BCUT2D eigenvalue weighted by Crippen LogP contribution is -2.19. The van der Waals surface area contributed by atoms with Crippen molar-refractivity contribution in [2.24, 2.45) is 0 Å². The summed E-state index contributed by atoms with van der Waals surface area (Å²) < 4.78 is 0. The van der Waals surface area contributed by atoms with Crippen LogP contribution in [0.4, 0.5) is 0 Å². The van der Waals surface area contributed by atoms with Gasteiger partial charge < -0.3 is 5.32 Å². The number of benzene rings is 1. The van der Waals surface area contributed by atoms with Crippen molar-refractivity contribution in [2.75, 3.05) is 12.3 Å². The predicted octanol–water partition coefficient (Wildman–Crippen LogP) is 3.03. The minimum Gasteiger partial charge on any atom is -0.310 e. The van der Waals surface area contributed by atoms with Crippen LogP contribution in [-0.4, -0.2) is 28.3 Å². The molecule has 19 heavy (non-hydrogen) atoms. The molecule has 1 saturated carbocycles. The lowest BCUT2D eigenvalue weighted by atomic mass is 10.2. The average Bonchev–Trinajstić information content (AvgIpc) is 3.27. The molecule has 0 amide bonds. The molecule has 1 aliphatic carbocycles. The summed E-state index contributed by atoms with van der Waals surface area (Å²) in [5.74, 6) is 0.903. The molecule has 0 aliphatic heterocycles. The highest BCUT2D eigenvalue weighted by atomic mass is 32.2. The van der Waals surface area contributed by atoms with Crippen LogP contribution >= 0.6 is 11.8 Å². The van der Waals surface area contributed by atoms with Crippen molar-refractivity contribution in [3.63, 3.8) is 0 Å². The van der Waals surface area contributed by atoms with Crippen LogP contribution in [0, 0.1) is 0 Å². The first-order valence-corrected chi connectivity index (χ1v) is 7.54. The second-order valence-corrected chi connectivity index (χ2v) is 5.85. The molecule has 2 aromatic rings. The van der Waals surface area contributed by atoms with Gasteiger partial charge in [0.1, 0.15) is 11.4 Å². The maximum absolute atomic E-state index is 4.38. The second-order valence-electron chi connectivity index (χ2n) is 4.89. The van der Waals surface area contributed by atoms with E-state index in [1.165, 1.54) is 18.4 Å². The molecule has 98 valence electrons. The maximum atomic E-state index is 4.38. The Morgan fingerprint density at radius 1 is 1.32 bits per heavy atom. The Balaban J connectivity index is 1.62. The third-order valence-corrected chi connectivity index (χ3v) is 4.29. The number of fused-ring (bicyclic) bond motifs is 1. The van der Waals surface area contributed by atoms with Gasteiger partial charge in [0.25, 0.3) is 0 Å². The number of hydrogen-bond acceptors (Lipinski definition) is 4. The molecule has 1 fully saturated rings. The smallest absolute Gasteiger partial charge is 0.117 e. The van der Waals surface area contributed by atoms with Gasteiger partial charge in [0.2, 0.25) is 0 Å². The van der Waals surface area contributed by atoms with Gasteiger partial charge >= 0.3 is 0 Å². The lowest BCUT2D eigenvalue weighted by Gasteiger charge is -2.07. The number of rotatable bonds is 6. The summed E-state index contributed by atoms with van der Waals surface area (Å²) in [6.45, 7) is 5.04. The normalized spacial score (nSPS) is 14.7. The topological polar surface area (TPSA) is 37.8 Å². The van der Waals surface area contributed by atoms with E-state index in [0.29, 0.717) is 0 Å². The van der Waals surface area contributed by atoms with Gasteiger partial charge in [0.15, 0.2) is 0 Å². The van der Waals surface area contributed by atoms with E-state index in [1.54, 1.807) is 18.1 Å². The second kappa shape index (κ2) is 5.72. The minimum absolute atomic E-state index is 0.738. The zero-order chi connectivity index (χ0) is 13.1. The summed E-state index contributed by atoms with van der Waals surface area (Å²) in [4.78, 5) is 8.65. The Morgan fingerprint density at radius 2 is 2.16 bits per heavy atom. The molecule has 1 N–H and O–H groups in total. The maximum Gasteiger partial charge on any atom is 0.117 e. The first-order valence-electron chi connectivity index (χ1n) is 6.55. The highest BCUT2D eigenvalue weighted by Gasteiger charge is 2.20. The van der Waals surface area contributed by atoms with E-state index >= 15 is 0 Å². The van der Waals surface area contributed by atoms with E-state index in [-0.39, 0.29) is 0 Å². The summed E-state index contributed by atoms with van der Waals surface area (Å²) in [5.41, 5.74) is 2.22. The number of nitrogens with one attached hydrogen (secondary N) is 1. The van der Waals surface area contributed by atoms with Gasteiger partial charge in [-0.05, 0) is 18.9 Å². The van der Waals surface area contributed by atoms with Gasteiger partial charge in [0.05, 0.1) is 5.52 Å². The van der Waals surface area contributed by atoms with Gasteiger partial charge in [-0.15, -0.1) is 11.8 Å². The molecule has 1 aliphatic rings. The van der Waals surface area contributed by atoms with Gasteiger partial charge in [-0.1, -0.05) is 30.4 Å². The van der Waals surface area contributed by atoms with Crippen molar-refractivity contribution in [3.8, 4) is 0 Å². The van der Waals surface area contributed by atoms with E-state index in [9.17, 15) is 0 Å². The molecule has 0 unspecified atom stereocenters. The van der Waals surface area contributed by atoms with Gasteiger partial charge in [0, 0.05) is 23.7 Å². The van der Waals surface area contributed by atoms with Crippen LogP contribution < -0.4 is 5.32 Å². The first kappa shape index (κ1) is 12.6. The fourth-order valence-corrected chi connectivity index (χ4v) is 2.79. The Labute approximate surface area is 117 Å². The fraction of sp³-hybridized carbons (Fsp3) is 0.333. The highest BCUT2D eigenvalue weighted by Crippen LogP contribution is 2.25. The number of para-hydroxylation sites is 1. The third-order valence-electron chi connectivity index (χ3n) is 3.14. The SMILES string of the molecule is C=C(CNC1CC1)CSc1ncnc2ccccc12. The lowest BCUT2D eigenvalue weighted by molar-refractivity contribution is 0.736. The Bertz CT molecular complexity index is 587. The van der Waals surface area contributed by atoms with E-state index < -0.39 is 0 Å². The van der Waals surface area contributed by atoms with Crippen molar-refractivity contribution in [1.29, 1.82) is 0 Å². The molecule has 1 aromatic carbocycles. The van der Waals surface area contributed by atoms with Crippen LogP contribution in [0.3, 0.4) is 0 Å². The summed E-state index contributed by atoms with van der Waals surface area (Å²) in [7, 11) is 0. The number of hydrogen-bond donors (Lipinski definition) is 1. The molecule has 3 nitrogen and oxygen atoms in total. The summed E-state index contributed by atoms with van der Waals surface area (Å²) >= 11 is 1.74. The van der Waals surface area contributed by atoms with Gasteiger partial charge in [-0.25, -0.2) is 9.97 Å². The molecule has 0 bridgehead atoms. The van der Waals surface area contributed by atoms with E-state index in [2.05, 4.69) is 27.9 Å².